The maximum absolute atomic E-state index is 12.4. The van der Waals surface area contributed by atoms with Crippen LogP contribution in [0.1, 0.15) is 32.8 Å². The Kier molecular flexibility index (Phi) is 6.65. The molecule has 1 aromatic heterocycles. The van der Waals surface area contributed by atoms with Gasteiger partial charge in [-0.15, -0.1) is 0 Å². The van der Waals surface area contributed by atoms with Crippen LogP contribution in [0, 0.1) is 6.92 Å². The molecule has 6 heteroatoms. The minimum atomic E-state index is -0.274. The Morgan fingerprint density at radius 3 is 2.60 bits per heavy atom. The number of nitrogens with zero attached hydrogens (tertiary/aromatic N) is 2. The zero-order valence-corrected chi connectivity index (χ0v) is 14.9. The van der Waals surface area contributed by atoms with E-state index >= 15 is 0 Å². The fourth-order valence-corrected chi connectivity index (χ4v) is 2.29. The van der Waals surface area contributed by atoms with Crippen molar-refractivity contribution in [3.8, 4) is 0 Å². The highest BCUT2D eigenvalue weighted by molar-refractivity contribution is 6.06. The molecule has 25 heavy (non-hydrogen) atoms. The van der Waals surface area contributed by atoms with E-state index in [1.54, 1.807) is 6.07 Å². The maximum atomic E-state index is 12.4. The number of aryl methyl sites for hydroxylation is 1. The van der Waals surface area contributed by atoms with Crippen LogP contribution >= 0.6 is 0 Å². The zero-order valence-electron chi connectivity index (χ0n) is 14.9. The molecule has 0 aliphatic heterocycles. The van der Waals surface area contributed by atoms with Gasteiger partial charge in [0, 0.05) is 24.0 Å². The molecule has 0 bridgehead atoms. The van der Waals surface area contributed by atoms with Gasteiger partial charge in [0.2, 0.25) is 0 Å². The number of para-hydroxylation sites is 1. The molecule has 132 valence electrons. The highest BCUT2D eigenvalue weighted by atomic mass is 16.2. The molecular formula is C19H24N4O2. The van der Waals surface area contributed by atoms with Crippen LogP contribution in [0.15, 0.2) is 42.6 Å². The van der Waals surface area contributed by atoms with Crippen molar-refractivity contribution in [1.29, 1.82) is 0 Å². The van der Waals surface area contributed by atoms with Gasteiger partial charge in [-0.3, -0.25) is 14.6 Å². The summed E-state index contributed by atoms with van der Waals surface area (Å²) in [6, 6.07) is 10.6. The number of carbonyl (C=O) groups excluding carboxylic acids is 2. The molecule has 0 saturated carbocycles. The van der Waals surface area contributed by atoms with Crippen molar-refractivity contribution in [1.82, 2.24) is 15.2 Å². The molecule has 0 fully saturated rings. The summed E-state index contributed by atoms with van der Waals surface area (Å²) in [5, 5.41) is 5.67. The minimum Gasteiger partial charge on any atom is -0.351 e. The molecule has 2 amide bonds. The molecule has 0 radical (unpaired) electrons. The summed E-state index contributed by atoms with van der Waals surface area (Å²) >= 11 is 0. The Labute approximate surface area is 148 Å². The van der Waals surface area contributed by atoms with Gasteiger partial charge in [-0.05, 0) is 57.7 Å². The number of nitrogens with one attached hydrogen (secondary N) is 2. The quantitative estimate of drug-likeness (QED) is 0.759. The van der Waals surface area contributed by atoms with Crippen LogP contribution in [0.3, 0.4) is 0 Å². The Bertz CT molecular complexity index is 744. The molecule has 2 rings (SSSR count). The van der Waals surface area contributed by atoms with Gasteiger partial charge in [0.25, 0.3) is 11.8 Å². The van der Waals surface area contributed by atoms with Crippen molar-refractivity contribution in [3.63, 3.8) is 0 Å². The summed E-state index contributed by atoms with van der Waals surface area (Å²) in [4.78, 5) is 30.7. The van der Waals surface area contributed by atoms with Crippen LogP contribution in [0.4, 0.5) is 5.69 Å². The average Bonchev–Trinajstić information content (AvgIpc) is 2.60. The molecule has 0 unspecified atom stereocenters. The lowest BCUT2D eigenvalue weighted by molar-refractivity contribution is 0.0947. The van der Waals surface area contributed by atoms with E-state index in [4.69, 9.17) is 0 Å². The first kappa shape index (κ1) is 18.6. The third-order valence-corrected chi connectivity index (χ3v) is 3.72. The molecule has 2 N–H and O–H groups in total. The predicted molar refractivity (Wildman–Crippen MR) is 98.9 cm³/mol. The monoisotopic (exact) mass is 340 g/mol. The summed E-state index contributed by atoms with van der Waals surface area (Å²) in [7, 11) is 3.97. The second kappa shape index (κ2) is 8.94. The van der Waals surface area contributed by atoms with Gasteiger partial charge in [0.05, 0.1) is 0 Å². The highest BCUT2D eigenvalue weighted by Crippen LogP contribution is 2.14. The lowest BCUT2D eigenvalue weighted by atomic mass is 10.1. The molecule has 1 heterocycles. The van der Waals surface area contributed by atoms with Gasteiger partial charge in [0.15, 0.2) is 0 Å². The van der Waals surface area contributed by atoms with Crippen molar-refractivity contribution in [2.75, 3.05) is 32.5 Å². The average molecular weight is 340 g/mol. The highest BCUT2D eigenvalue weighted by Gasteiger charge is 2.12. The number of anilines is 1. The van der Waals surface area contributed by atoms with Crippen LogP contribution < -0.4 is 10.6 Å². The molecular weight excluding hydrogens is 316 g/mol. The second-order valence-corrected chi connectivity index (χ2v) is 6.11. The standard InChI is InChI=1S/C19H24N4O2/c1-14-7-4-5-8-16(14)22-18(24)15-9-11-20-17(13-15)19(25)21-10-6-12-23(2)3/h4-5,7-9,11,13H,6,10,12H2,1-3H3,(H,21,25)(H,22,24). The summed E-state index contributed by atoms with van der Waals surface area (Å²) in [5.41, 5.74) is 2.36. The lowest BCUT2D eigenvalue weighted by Crippen LogP contribution is -2.28. The van der Waals surface area contributed by atoms with Crippen LogP contribution in [0.25, 0.3) is 0 Å². The third kappa shape index (κ3) is 5.69. The predicted octanol–water partition coefficient (Wildman–Crippen LogP) is 2.32. The van der Waals surface area contributed by atoms with Crippen LogP contribution in [-0.2, 0) is 0 Å². The van der Waals surface area contributed by atoms with E-state index in [1.165, 1.54) is 12.3 Å². The minimum absolute atomic E-state index is 0.238. The van der Waals surface area contributed by atoms with Crippen LogP contribution in [-0.4, -0.2) is 48.9 Å². The summed E-state index contributed by atoms with van der Waals surface area (Å²) in [5.74, 6) is -0.539. The molecule has 0 spiro atoms. The SMILES string of the molecule is Cc1ccccc1NC(=O)c1ccnc(C(=O)NCCCN(C)C)c1. The summed E-state index contributed by atoms with van der Waals surface area (Å²) in [6.45, 7) is 3.39. The first-order valence-electron chi connectivity index (χ1n) is 8.23. The van der Waals surface area contributed by atoms with E-state index in [9.17, 15) is 9.59 Å². The fraction of sp³-hybridized carbons (Fsp3) is 0.316. The van der Waals surface area contributed by atoms with Crippen molar-refractivity contribution in [3.05, 3.63) is 59.4 Å². The number of carbonyl (C=O) groups is 2. The molecule has 1 aromatic carbocycles. The Morgan fingerprint density at radius 1 is 1.12 bits per heavy atom. The van der Waals surface area contributed by atoms with Gasteiger partial charge in [-0.1, -0.05) is 18.2 Å². The summed E-state index contributed by atoms with van der Waals surface area (Å²) < 4.78 is 0. The largest absolute Gasteiger partial charge is 0.351 e. The summed E-state index contributed by atoms with van der Waals surface area (Å²) in [6.07, 6.45) is 2.33. The van der Waals surface area contributed by atoms with E-state index in [-0.39, 0.29) is 17.5 Å². The molecule has 0 aliphatic rings. The van der Waals surface area contributed by atoms with Crippen molar-refractivity contribution >= 4 is 17.5 Å². The van der Waals surface area contributed by atoms with Gasteiger partial charge >= 0.3 is 0 Å². The third-order valence-electron chi connectivity index (χ3n) is 3.72. The van der Waals surface area contributed by atoms with E-state index < -0.39 is 0 Å². The normalized spacial score (nSPS) is 10.6. The van der Waals surface area contributed by atoms with Crippen molar-refractivity contribution in [2.45, 2.75) is 13.3 Å². The van der Waals surface area contributed by atoms with E-state index in [0.29, 0.717) is 12.1 Å². The van der Waals surface area contributed by atoms with Gasteiger partial charge in [-0.2, -0.15) is 0 Å². The first-order chi connectivity index (χ1) is 12.0. The number of amides is 2. The van der Waals surface area contributed by atoms with E-state index in [0.717, 1.165) is 24.2 Å². The fourth-order valence-electron chi connectivity index (χ4n) is 2.29. The molecule has 0 aliphatic carbocycles. The number of pyridine rings is 1. The van der Waals surface area contributed by atoms with E-state index in [2.05, 4.69) is 20.5 Å². The number of rotatable bonds is 7. The van der Waals surface area contributed by atoms with Crippen LogP contribution in [0.2, 0.25) is 0 Å². The smallest absolute Gasteiger partial charge is 0.269 e. The lowest BCUT2D eigenvalue weighted by Gasteiger charge is -2.10. The van der Waals surface area contributed by atoms with Gasteiger partial charge in [0.1, 0.15) is 5.69 Å². The molecule has 0 saturated heterocycles. The van der Waals surface area contributed by atoms with E-state index in [1.807, 2.05) is 45.3 Å². The molecule has 0 atom stereocenters. The number of aromatic nitrogens is 1. The van der Waals surface area contributed by atoms with Crippen molar-refractivity contribution in [2.24, 2.45) is 0 Å². The Hall–Kier alpha value is -2.73. The van der Waals surface area contributed by atoms with Gasteiger partial charge < -0.3 is 15.5 Å². The number of hydrogen-bond acceptors (Lipinski definition) is 4. The van der Waals surface area contributed by atoms with Crippen molar-refractivity contribution < 1.29 is 9.59 Å². The number of hydrogen-bond donors (Lipinski definition) is 2. The Morgan fingerprint density at radius 2 is 1.88 bits per heavy atom. The maximum Gasteiger partial charge on any atom is 0.269 e. The number of benzene rings is 1. The molecule has 2 aromatic rings. The Balaban J connectivity index is 1.99. The topological polar surface area (TPSA) is 74.3 Å². The first-order valence-corrected chi connectivity index (χ1v) is 8.23. The second-order valence-electron chi connectivity index (χ2n) is 6.11. The van der Waals surface area contributed by atoms with Crippen LogP contribution in [0.5, 0.6) is 0 Å². The molecule has 6 nitrogen and oxygen atoms in total. The zero-order chi connectivity index (χ0) is 18.2. The van der Waals surface area contributed by atoms with Gasteiger partial charge in [-0.25, -0.2) is 0 Å².